The van der Waals surface area contributed by atoms with Gasteiger partial charge in [-0.25, -0.2) is 4.79 Å². The summed E-state index contributed by atoms with van der Waals surface area (Å²) in [6.07, 6.45) is 22.7. The van der Waals surface area contributed by atoms with Gasteiger partial charge in [0.15, 0.2) is 0 Å². The van der Waals surface area contributed by atoms with E-state index in [9.17, 15) is 4.79 Å². The summed E-state index contributed by atoms with van der Waals surface area (Å²) in [5, 5.41) is 0. The number of carbonyl (C=O) groups is 1. The minimum absolute atomic E-state index is 0.0714. The Bertz CT molecular complexity index is 390. The van der Waals surface area contributed by atoms with Crippen molar-refractivity contribution < 1.29 is 9.53 Å². The van der Waals surface area contributed by atoms with Crippen molar-refractivity contribution in [1.82, 2.24) is 0 Å². The third kappa shape index (κ3) is 4.99. The predicted octanol–water partition coefficient (Wildman–Crippen LogP) is 4.87. The van der Waals surface area contributed by atoms with E-state index in [2.05, 4.69) is 30.4 Å². The summed E-state index contributed by atoms with van der Waals surface area (Å²) < 4.78 is 5.22. The van der Waals surface area contributed by atoms with Gasteiger partial charge in [-0.05, 0) is 44.9 Å². The number of rotatable bonds is 0. The molecule has 0 aromatic carbocycles. The Balaban J connectivity index is 1.83. The van der Waals surface area contributed by atoms with Crippen molar-refractivity contribution >= 4 is 5.97 Å². The van der Waals surface area contributed by atoms with Gasteiger partial charge in [-0.3, -0.25) is 0 Å². The van der Waals surface area contributed by atoms with Crippen LogP contribution >= 0.6 is 0 Å². The quantitative estimate of drug-likeness (QED) is 0.589. The molecule has 2 nitrogen and oxygen atoms in total. The van der Waals surface area contributed by atoms with Gasteiger partial charge >= 0.3 is 5.97 Å². The zero-order valence-electron chi connectivity index (χ0n) is 12.4. The standard InChI is InChI=1S/C18H26O2/c19-18-16-14-12-10-8-6-4-2-1-3-5-7-9-11-13-15-17(16)20-18/h3,5,7,9,14,17H,1-2,4,6,8,10-13,15H2/b5-3+,9-7+,16-14?. The summed E-state index contributed by atoms with van der Waals surface area (Å²) in [4.78, 5) is 11.4. The second-order valence-corrected chi connectivity index (χ2v) is 5.69. The average Bonchev–Trinajstić information content (AvgIpc) is 2.44. The molecule has 0 spiro atoms. The van der Waals surface area contributed by atoms with E-state index in [-0.39, 0.29) is 12.1 Å². The van der Waals surface area contributed by atoms with Crippen molar-refractivity contribution in [2.75, 3.05) is 0 Å². The first-order valence-corrected chi connectivity index (χ1v) is 8.10. The van der Waals surface area contributed by atoms with Crippen molar-refractivity contribution in [3.05, 3.63) is 36.0 Å². The van der Waals surface area contributed by atoms with Gasteiger partial charge in [-0.2, -0.15) is 0 Å². The lowest BCUT2D eigenvalue weighted by Crippen LogP contribution is -2.36. The van der Waals surface area contributed by atoms with Gasteiger partial charge in [-0.15, -0.1) is 0 Å². The van der Waals surface area contributed by atoms with Crippen molar-refractivity contribution in [2.45, 2.75) is 70.3 Å². The Morgan fingerprint density at radius 2 is 1.50 bits per heavy atom. The fraction of sp³-hybridized carbons (Fsp3) is 0.611. The molecule has 2 aliphatic rings. The molecule has 1 fully saturated rings. The van der Waals surface area contributed by atoms with E-state index >= 15 is 0 Å². The zero-order valence-corrected chi connectivity index (χ0v) is 12.4. The molecule has 0 amide bonds. The van der Waals surface area contributed by atoms with Crippen LogP contribution in [0.15, 0.2) is 36.0 Å². The molecule has 110 valence electrons. The third-order valence-electron chi connectivity index (χ3n) is 3.99. The van der Waals surface area contributed by atoms with Crippen LogP contribution in [0.4, 0.5) is 0 Å². The van der Waals surface area contributed by atoms with Crippen LogP contribution in [-0.4, -0.2) is 12.1 Å². The first-order valence-electron chi connectivity index (χ1n) is 8.10. The molecular formula is C18H26O2. The SMILES string of the molecule is O=C1OC2CCC/C=C/C=C/CCCCCCCC=C12. The molecule has 0 bridgehead atoms. The summed E-state index contributed by atoms with van der Waals surface area (Å²) in [7, 11) is 0. The lowest BCUT2D eigenvalue weighted by Gasteiger charge is -2.29. The van der Waals surface area contributed by atoms with Crippen LogP contribution in [0.5, 0.6) is 0 Å². The van der Waals surface area contributed by atoms with Crippen LogP contribution in [0.2, 0.25) is 0 Å². The molecular weight excluding hydrogens is 248 g/mol. The molecule has 20 heavy (non-hydrogen) atoms. The minimum atomic E-state index is -0.0913. The monoisotopic (exact) mass is 274 g/mol. The van der Waals surface area contributed by atoms with E-state index in [1.54, 1.807) is 0 Å². The summed E-state index contributed by atoms with van der Waals surface area (Å²) >= 11 is 0. The Hall–Kier alpha value is -1.31. The van der Waals surface area contributed by atoms with Crippen LogP contribution in [-0.2, 0) is 9.53 Å². The van der Waals surface area contributed by atoms with E-state index in [4.69, 9.17) is 4.74 Å². The van der Waals surface area contributed by atoms with E-state index < -0.39 is 0 Å². The molecule has 2 heteroatoms. The summed E-state index contributed by atoms with van der Waals surface area (Å²) in [6.45, 7) is 0. The zero-order chi connectivity index (χ0) is 14.0. The number of carbonyl (C=O) groups excluding carboxylic acids is 1. The molecule has 0 aromatic heterocycles. The maximum absolute atomic E-state index is 11.4. The maximum Gasteiger partial charge on any atom is 0.338 e. The fourth-order valence-corrected chi connectivity index (χ4v) is 2.73. The first-order chi connectivity index (χ1) is 9.88. The Kier molecular flexibility index (Phi) is 6.62. The molecule has 1 saturated heterocycles. The molecule has 2 rings (SSSR count). The number of ether oxygens (including phenoxy) is 1. The van der Waals surface area contributed by atoms with E-state index in [1.807, 2.05) is 0 Å². The third-order valence-corrected chi connectivity index (χ3v) is 3.99. The highest BCUT2D eigenvalue weighted by Gasteiger charge is 2.34. The summed E-state index contributed by atoms with van der Waals surface area (Å²) in [5.74, 6) is -0.0913. The first kappa shape index (κ1) is 15.1. The highest BCUT2D eigenvalue weighted by molar-refractivity contribution is 5.95. The predicted molar refractivity (Wildman–Crippen MR) is 82.4 cm³/mol. The molecule has 1 heterocycles. The van der Waals surface area contributed by atoms with Crippen LogP contribution in [0.3, 0.4) is 0 Å². The lowest BCUT2D eigenvalue weighted by atomic mass is 9.97. The van der Waals surface area contributed by atoms with Crippen molar-refractivity contribution in [2.24, 2.45) is 0 Å². The number of hydrogen-bond acceptors (Lipinski definition) is 2. The number of fused-ring (bicyclic) bond motifs is 1. The normalized spacial score (nSPS) is 29.1. The molecule has 1 aliphatic heterocycles. The van der Waals surface area contributed by atoms with Crippen molar-refractivity contribution in [3.63, 3.8) is 0 Å². The Morgan fingerprint density at radius 3 is 2.25 bits per heavy atom. The molecule has 1 atom stereocenters. The maximum atomic E-state index is 11.4. The van der Waals surface area contributed by atoms with Gasteiger partial charge in [0.25, 0.3) is 0 Å². The molecule has 0 aromatic rings. The number of hydrogen-bond donors (Lipinski definition) is 0. The largest absolute Gasteiger partial charge is 0.454 e. The van der Waals surface area contributed by atoms with Gasteiger partial charge in [0.2, 0.25) is 0 Å². The fourth-order valence-electron chi connectivity index (χ4n) is 2.73. The van der Waals surface area contributed by atoms with Crippen LogP contribution in [0.25, 0.3) is 0 Å². The van der Waals surface area contributed by atoms with Gasteiger partial charge < -0.3 is 4.74 Å². The molecule has 0 saturated carbocycles. The minimum Gasteiger partial charge on any atom is -0.454 e. The number of allylic oxidation sites excluding steroid dienone is 5. The van der Waals surface area contributed by atoms with Crippen LogP contribution in [0, 0.1) is 0 Å². The molecule has 1 unspecified atom stereocenters. The average molecular weight is 274 g/mol. The summed E-state index contributed by atoms with van der Waals surface area (Å²) in [5.41, 5.74) is 0.929. The molecule has 0 radical (unpaired) electrons. The topological polar surface area (TPSA) is 26.3 Å². The molecule has 1 aliphatic carbocycles. The van der Waals surface area contributed by atoms with E-state index in [0.717, 1.165) is 31.3 Å². The van der Waals surface area contributed by atoms with Gasteiger partial charge in [-0.1, -0.05) is 49.6 Å². The highest BCUT2D eigenvalue weighted by atomic mass is 16.6. The van der Waals surface area contributed by atoms with Gasteiger partial charge in [0.1, 0.15) is 6.10 Å². The Labute approximate surface area is 122 Å². The highest BCUT2D eigenvalue weighted by Crippen LogP contribution is 2.27. The molecule has 0 N–H and O–H groups in total. The second-order valence-electron chi connectivity index (χ2n) is 5.69. The Morgan fingerprint density at radius 1 is 0.850 bits per heavy atom. The van der Waals surface area contributed by atoms with Crippen molar-refractivity contribution in [1.29, 1.82) is 0 Å². The van der Waals surface area contributed by atoms with E-state index in [0.29, 0.717) is 0 Å². The summed E-state index contributed by atoms with van der Waals surface area (Å²) in [6, 6.07) is 0. The van der Waals surface area contributed by atoms with E-state index in [1.165, 1.54) is 38.5 Å². The lowest BCUT2D eigenvalue weighted by molar-refractivity contribution is -0.156. The van der Waals surface area contributed by atoms with Gasteiger partial charge in [0, 0.05) is 0 Å². The van der Waals surface area contributed by atoms with Crippen LogP contribution in [0.1, 0.15) is 64.2 Å². The van der Waals surface area contributed by atoms with Crippen LogP contribution < -0.4 is 0 Å². The second kappa shape index (κ2) is 8.78. The van der Waals surface area contributed by atoms with Gasteiger partial charge in [0.05, 0.1) is 5.57 Å². The number of esters is 1. The smallest absolute Gasteiger partial charge is 0.338 e. The van der Waals surface area contributed by atoms with Crippen molar-refractivity contribution in [3.8, 4) is 0 Å².